The van der Waals surface area contributed by atoms with E-state index in [4.69, 9.17) is 4.42 Å². The van der Waals surface area contributed by atoms with Crippen molar-refractivity contribution in [3.05, 3.63) is 82.5 Å². The average Bonchev–Trinajstić information content (AvgIpc) is 2.73. The van der Waals surface area contributed by atoms with Crippen LogP contribution >= 0.6 is 0 Å². The molecule has 144 valence electrons. The van der Waals surface area contributed by atoms with Crippen LogP contribution in [0.1, 0.15) is 10.4 Å². The molecule has 0 saturated carbocycles. The maximum atomic E-state index is 12.6. The Labute approximate surface area is 164 Å². The minimum atomic E-state index is -0.690. The number of nitrogens with one attached hydrogen (secondary N) is 1. The van der Waals surface area contributed by atoms with Gasteiger partial charge in [0.1, 0.15) is 5.58 Å². The van der Waals surface area contributed by atoms with Crippen molar-refractivity contribution in [3.63, 3.8) is 0 Å². The van der Waals surface area contributed by atoms with Crippen molar-refractivity contribution in [1.82, 2.24) is 0 Å². The molecule has 29 heavy (non-hydrogen) atoms. The first kappa shape index (κ1) is 18.1. The lowest BCUT2D eigenvalue weighted by Gasteiger charge is -2.09. The van der Waals surface area contributed by atoms with E-state index in [0.717, 1.165) is 0 Å². The van der Waals surface area contributed by atoms with Gasteiger partial charge in [-0.2, -0.15) is 0 Å². The first-order valence-electron chi connectivity index (χ1n) is 8.62. The number of phenols is 2. The molecule has 0 aliphatic carbocycles. The molecule has 1 aromatic heterocycles. The quantitative estimate of drug-likeness (QED) is 0.395. The Balaban J connectivity index is 1.75. The van der Waals surface area contributed by atoms with Crippen LogP contribution in [0, 0.1) is 0 Å². The van der Waals surface area contributed by atoms with Crippen LogP contribution in [0.2, 0.25) is 0 Å². The predicted molar refractivity (Wildman–Crippen MR) is 107 cm³/mol. The summed E-state index contributed by atoms with van der Waals surface area (Å²) < 4.78 is 5.64. The summed E-state index contributed by atoms with van der Waals surface area (Å²) in [5.41, 5.74) is 0.550. The number of aromatic hydroxyl groups is 3. The number of rotatable bonds is 3. The SMILES string of the molecule is O=C(Nc1ccc2oc(-c3ccc(O)c(O)c3)c(O)c(=O)c2c1)c1ccccc1. The zero-order valence-corrected chi connectivity index (χ0v) is 14.9. The zero-order valence-electron chi connectivity index (χ0n) is 14.9. The van der Waals surface area contributed by atoms with Gasteiger partial charge in [-0.25, -0.2) is 0 Å². The van der Waals surface area contributed by atoms with E-state index in [-0.39, 0.29) is 33.9 Å². The summed E-state index contributed by atoms with van der Waals surface area (Å²) in [6.45, 7) is 0. The number of carbonyl (C=O) groups is 1. The molecule has 0 aliphatic heterocycles. The molecule has 4 rings (SSSR count). The van der Waals surface area contributed by atoms with Crippen LogP contribution in [0.5, 0.6) is 17.2 Å². The molecule has 0 aliphatic rings. The van der Waals surface area contributed by atoms with Gasteiger partial charge in [-0.05, 0) is 48.5 Å². The molecular formula is C22H15NO6. The van der Waals surface area contributed by atoms with E-state index in [1.807, 2.05) is 0 Å². The summed E-state index contributed by atoms with van der Waals surface area (Å²) in [5, 5.41) is 32.2. The monoisotopic (exact) mass is 389 g/mol. The maximum absolute atomic E-state index is 12.6. The second kappa shape index (κ2) is 7.05. The van der Waals surface area contributed by atoms with Crippen LogP contribution in [-0.4, -0.2) is 21.2 Å². The number of amides is 1. The van der Waals surface area contributed by atoms with E-state index < -0.39 is 16.9 Å². The summed E-state index contributed by atoms with van der Waals surface area (Å²) in [5.74, 6) is -1.87. The Bertz CT molecular complexity index is 1290. The average molecular weight is 389 g/mol. The second-order valence-corrected chi connectivity index (χ2v) is 6.34. The highest BCUT2D eigenvalue weighted by Gasteiger charge is 2.17. The number of anilines is 1. The zero-order chi connectivity index (χ0) is 20.5. The molecule has 0 fully saturated rings. The van der Waals surface area contributed by atoms with Gasteiger partial charge in [-0.1, -0.05) is 18.2 Å². The van der Waals surface area contributed by atoms with Crippen molar-refractivity contribution >= 4 is 22.6 Å². The van der Waals surface area contributed by atoms with Crippen molar-refractivity contribution in [2.24, 2.45) is 0 Å². The van der Waals surface area contributed by atoms with Crippen molar-refractivity contribution in [1.29, 1.82) is 0 Å². The molecule has 0 atom stereocenters. The molecule has 4 aromatic rings. The topological polar surface area (TPSA) is 120 Å². The number of hydrogen-bond acceptors (Lipinski definition) is 6. The van der Waals surface area contributed by atoms with E-state index >= 15 is 0 Å². The fourth-order valence-electron chi connectivity index (χ4n) is 2.92. The van der Waals surface area contributed by atoms with Crippen LogP contribution in [0.25, 0.3) is 22.3 Å². The third-order valence-corrected chi connectivity index (χ3v) is 4.40. The highest BCUT2D eigenvalue weighted by Crippen LogP contribution is 2.35. The lowest BCUT2D eigenvalue weighted by molar-refractivity contribution is 0.102. The summed E-state index contributed by atoms with van der Waals surface area (Å²) in [6, 6.07) is 16.9. The van der Waals surface area contributed by atoms with Gasteiger partial charge in [0.15, 0.2) is 17.3 Å². The Morgan fingerprint density at radius 2 is 1.62 bits per heavy atom. The lowest BCUT2D eigenvalue weighted by atomic mass is 10.1. The van der Waals surface area contributed by atoms with Gasteiger partial charge in [0.2, 0.25) is 11.2 Å². The summed E-state index contributed by atoms with van der Waals surface area (Å²) in [6.07, 6.45) is 0. The predicted octanol–water partition coefficient (Wildman–Crippen LogP) is 3.83. The molecule has 0 bridgehead atoms. The lowest BCUT2D eigenvalue weighted by Crippen LogP contribution is -2.12. The minimum Gasteiger partial charge on any atom is -0.504 e. The van der Waals surface area contributed by atoms with E-state index in [9.17, 15) is 24.9 Å². The molecule has 7 heteroatoms. The molecule has 7 nitrogen and oxygen atoms in total. The normalized spacial score (nSPS) is 10.8. The Morgan fingerprint density at radius 1 is 0.862 bits per heavy atom. The van der Waals surface area contributed by atoms with Crippen molar-refractivity contribution in [2.75, 3.05) is 5.32 Å². The standard InChI is InChI=1S/C22H15NO6/c24-16-8-6-13(10-17(16)25)21-20(27)19(26)15-11-14(7-9-18(15)29-21)23-22(28)12-4-2-1-3-5-12/h1-11,24-25,27H,(H,23,28). The Hall–Kier alpha value is -4.26. The van der Waals surface area contributed by atoms with Crippen LogP contribution < -0.4 is 10.7 Å². The first-order valence-corrected chi connectivity index (χ1v) is 8.62. The van der Waals surface area contributed by atoms with Gasteiger partial charge < -0.3 is 25.1 Å². The van der Waals surface area contributed by atoms with Gasteiger partial charge >= 0.3 is 0 Å². The Morgan fingerprint density at radius 3 is 2.34 bits per heavy atom. The van der Waals surface area contributed by atoms with E-state index in [1.54, 1.807) is 36.4 Å². The van der Waals surface area contributed by atoms with E-state index in [0.29, 0.717) is 11.3 Å². The highest BCUT2D eigenvalue weighted by molar-refractivity contribution is 6.05. The highest BCUT2D eigenvalue weighted by atomic mass is 16.4. The number of carbonyl (C=O) groups excluding carboxylic acids is 1. The molecule has 0 spiro atoms. The molecule has 0 unspecified atom stereocenters. The Kier molecular flexibility index (Phi) is 4.40. The molecule has 0 radical (unpaired) electrons. The third kappa shape index (κ3) is 3.37. The molecule has 1 amide bonds. The minimum absolute atomic E-state index is 0.0834. The van der Waals surface area contributed by atoms with Gasteiger partial charge in [0.05, 0.1) is 5.39 Å². The maximum Gasteiger partial charge on any atom is 0.255 e. The second-order valence-electron chi connectivity index (χ2n) is 6.34. The molecule has 0 saturated heterocycles. The van der Waals surface area contributed by atoms with Crippen LogP contribution in [0.15, 0.2) is 75.9 Å². The smallest absolute Gasteiger partial charge is 0.255 e. The fourth-order valence-corrected chi connectivity index (χ4v) is 2.92. The van der Waals surface area contributed by atoms with Crippen LogP contribution in [0.3, 0.4) is 0 Å². The molecule has 4 N–H and O–H groups in total. The van der Waals surface area contributed by atoms with E-state index in [2.05, 4.69) is 5.32 Å². The number of fused-ring (bicyclic) bond motifs is 1. The van der Waals surface area contributed by atoms with Gasteiger partial charge in [0, 0.05) is 16.8 Å². The van der Waals surface area contributed by atoms with Gasteiger partial charge in [-0.3, -0.25) is 9.59 Å². The summed E-state index contributed by atoms with van der Waals surface area (Å²) >= 11 is 0. The van der Waals surface area contributed by atoms with Crippen molar-refractivity contribution in [3.8, 4) is 28.6 Å². The van der Waals surface area contributed by atoms with Crippen LogP contribution in [0.4, 0.5) is 5.69 Å². The molecule has 1 heterocycles. The number of phenolic OH excluding ortho intramolecular Hbond substituents is 2. The van der Waals surface area contributed by atoms with Crippen molar-refractivity contribution < 1.29 is 24.5 Å². The van der Waals surface area contributed by atoms with Crippen molar-refractivity contribution in [2.45, 2.75) is 0 Å². The largest absolute Gasteiger partial charge is 0.504 e. The fraction of sp³-hybridized carbons (Fsp3) is 0. The summed E-state index contributed by atoms with van der Waals surface area (Å²) in [4.78, 5) is 24.9. The first-order chi connectivity index (χ1) is 13.9. The van der Waals surface area contributed by atoms with Gasteiger partial charge in [-0.15, -0.1) is 0 Å². The van der Waals surface area contributed by atoms with Gasteiger partial charge in [0.25, 0.3) is 5.91 Å². The summed E-state index contributed by atoms with van der Waals surface area (Å²) in [7, 11) is 0. The number of benzene rings is 3. The number of hydrogen-bond donors (Lipinski definition) is 4. The third-order valence-electron chi connectivity index (χ3n) is 4.40. The molecular weight excluding hydrogens is 374 g/mol. The molecule has 3 aromatic carbocycles. The van der Waals surface area contributed by atoms with Crippen LogP contribution in [-0.2, 0) is 0 Å². The van der Waals surface area contributed by atoms with E-state index in [1.165, 1.54) is 30.3 Å².